The predicted molar refractivity (Wildman–Crippen MR) is 54.3 cm³/mol. The Bertz CT molecular complexity index is 204. The second kappa shape index (κ2) is 6.70. The van der Waals surface area contributed by atoms with Crippen LogP contribution in [0, 0.1) is 0 Å². The SMILES string of the molecule is CCC/C(C)=C/C/C(O)=C(/F)CC. The lowest BCUT2D eigenvalue weighted by atomic mass is 10.1. The lowest BCUT2D eigenvalue weighted by molar-refractivity contribution is 0.365. The highest BCUT2D eigenvalue weighted by Gasteiger charge is 2.00. The molecule has 0 atom stereocenters. The molecule has 0 aromatic heterocycles. The van der Waals surface area contributed by atoms with Gasteiger partial charge in [-0.3, -0.25) is 0 Å². The van der Waals surface area contributed by atoms with Crippen LogP contribution in [0.1, 0.15) is 46.5 Å². The van der Waals surface area contributed by atoms with Gasteiger partial charge in [-0.2, -0.15) is 0 Å². The van der Waals surface area contributed by atoms with Crippen molar-refractivity contribution in [2.75, 3.05) is 0 Å². The second-order valence-corrected chi connectivity index (χ2v) is 3.21. The summed E-state index contributed by atoms with van der Waals surface area (Å²) >= 11 is 0. The minimum atomic E-state index is -0.402. The Morgan fingerprint density at radius 2 is 2.00 bits per heavy atom. The molecule has 2 heteroatoms. The zero-order valence-corrected chi connectivity index (χ0v) is 8.73. The molecule has 0 unspecified atom stereocenters. The molecule has 1 nitrogen and oxygen atoms in total. The van der Waals surface area contributed by atoms with Crippen LogP contribution in [-0.4, -0.2) is 5.11 Å². The first-order valence-corrected chi connectivity index (χ1v) is 4.83. The van der Waals surface area contributed by atoms with Gasteiger partial charge in [0, 0.05) is 6.42 Å². The van der Waals surface area contributed by atoms with Gasteiger partial charge in [0.05, 0.1) is 0 Å². The summed E-state index contributed by atoms with van der Waals surface area (Å²) in [5.41, 5.74) is 1.21. The van der Waals surface area contributed by atoms with Crippen molar-refractivity contribution < 1.29 is 9.50 Å². The maximum atomic E-state index is 12.8. The highest BCUT2D eigenvalue weighted by Crippen LogP contribution is 2.13. The van der Waals surface area contributed by atoms with Gasteiger partial charge < -0.3 is 5.11 Å². The smallest absolute Gasteiger partial charge is 0.137 e. The minimum Gasteiger partial charge on any atom is -0.509 e. The van der Waals surface area contributed by atoms with Crippen molar-refractivity contribution in [1.82, 2.24) is 0 Å². The van der Waals surface area contributed by atoms with Gasteiger partial charge in [-0.25, -0.2) is 4.39 Å². The van der Waals surface area contributed by atoms with Crippen LogP contribution >= 0.6 is 0 Å². The van der Waals surface area contributed by atoms with E-state index in [1.54, 1.807) is 6.92 Å². The molecule has 0 amide bonds. The van der Waals surface area contributed by atoms with Gasteiger partial charge in [0.25, 0.3) is 0 Å². The Balaban J connectivity index is 4.07. The van der Waals surface area contributed by atoms with Crippen molar-refractivity contribution in [3.05, 3.63) is 23.2 Å². The van der Waals surface area contributed by atoms with Crippen LogP contribution in [0.3, 0.4) is 0 Å². The Hall–Kier alpha value is -0.790. The van der Waals surface area contributed by atoms with E-state index >= 15 is 0 Å². The van der Waals surface area contributed by atoms with Crippen LogP contribution in [0.25, 0.3) is 0 Å². The van der Waals surface area contributed by atoms with Gasteiger partial charge in [-0.1, -0.05) is 31.9 Å². The molecule has 76 valence electrons. The highest BCUT2D eigenvalue weighted by atomic mass is 19.1. The van der Waals surface area contributed by atoms with Crippen LogP contribution in [-0.2, 0) is 0 Å². The fourth-order valence-corrected chi connectivity index (χ4v) is 1.08. The van der Waals surface area contributed by atoms with Crippen LogP contribution in [0.2, 0.25) is 0 Å². The van der Waals surface area contributed by atoms with Gasteiger partial charge >= 0.3 is 0 Å². The summed E-state index contributed by atoms with van der Waals surface area (Å²) in [7, 11) is 0. The Morgan fingerprint density at radius 3 is 2.46 bits per heavy atom. The van der Waals surface area contributed by atoms with Crippen molar-refractivity contribution in [3.63, 3.8) is 0 Å². The Labute approximate surface area is 80.0 Å². The molecule has 0 aliphatic carbocycles. The molecule has 0 saturated heterocycles. The number of rotatable bonds is 5. The fourth-order valence-electron chi connectivity index (χ4n) is 1.08. The van der Waals surface area contributed by atoms with Gasteiger partial charge in [0.2, 0.25) is 0 Å². The molecule has 0 saturated carbocycles. The van der Waals surface area contributed by atoms with E-state index in [-0.39, 0.29) is 12.2 Å². The van der Waals surface area contributed by atoms with Crippen molar-refractivity contribution in [2.24, 2.45) is 0 Å². The standard InChI is InChI=1S/C11H19FO/c1-4-6-9(3)7-8-11(13)10(12)5-2/h7,13H,4-6,8H2,1-3H3/b9-7+,11-10-. The highest BCUT2D eigenvalue weighted by molar-refractivity contribution is 5.08. The lowest BCUT2D eigenvalue weighted by Gasteiger charge is -2.00. The zero-order valence-electron chi connectivity index (χ0n) is 8.73. The molecule has 0 rings (SSSR count). The average molecular weight is 186 g/mol. The molecule has 1 N–H and O–H groups in total. The summed E-state index contributed by atoms with van der Waals surface area (Å²) in [6.07, 6.45) is 4.58. The van der Waals surface area contributed by atoms with E-state index in [9.17, 15) is 9.50 Å². The molecule has 0 spiro atoms. The van der Waals surface area contributed by atoms with E-state index in [1.807, 2.05) is 13.0 Å². The van der Waals surface area contributed by atoms with Crippen LogP contribution < -0.4 is 0 Å². The summed E-state index contributed by atoms with van der Waals surface area (Å²) in [5, 5.41) is 9.19. The van der Waals surface area contributed by atoms with E-state index in [2.05, 4.69) is 6.92 Å². The number of aliphatic hydroxyl groups is 1. The van der Waals surface area contributed by atoms with Crippen LogP contribution in [0.5, 0.6) is 0 Å². The van der Waals surface area contributed by atoms with E-state index in [1.165, 1.54) is 5.57 Å². The second-order valence-electron chi connectivity index (χ2n) is 3.21. The maximum absolute atomic E-state index is 12.8. The molecule has 0 bridgehead atoms. The predicted octanol–water partition coefficient (Wildman–Crippen LogP) is 4.27. The summed E-state index contributed by atoms with van der Waals surface area (Å²) < 4.78 is 12.8. The average Bonchev–Trinajstić information content (AvgIpc) is 2.13. The first-order valence-electron chi connectivity index (χ1n) is 4.83. The molecule has 0 aromatic carbocycles. The number of hydrogen-bond acceptors (Lipinski definition) is 1. The minimum absolute atomic E-state index is 0.127. The van der Waals surface area contributed by atoms with E-state index in [0.29, 0.717) is 6.42 Å². The third kappa shape index (κ3) is 5.45. The van der Waals surface area contributed by atoms with Crippen molar-refractivity contribution >= 4 is 0 Å². The molecular formula is C11H19FO. The Morgan fingerprint density at radius 1 is 1.38 bits per heavy atom. The summed E-state index contributed by atoms with van der Waals surface area (Å²) in [5.74, 6) is -0.529. The molecule has 0 heterocycles. The number of halogens is 1. The monoisotopic (exact) mass is 186 g/mol. The summed E-state index contributed by atoms with van der Waals surface area (Å²) in [6, 6.07) is 0. The number of hydrogen-bond donors (Lipinski definition) is 1. The van der Waals surface area contributed by atoms with Crippen LogP contribution in [0.4, 0.5) is 4.39 Å². The maximum Gasteiger partial charge on any atom is 0.137 e. The van der Waals surface area contributed by atoms with E-state index in [0.717, 1.165) is 12.8 Å². The molecule has 0 fully saturated rings. The quantitative estimate of drug-likeness (QED) is 0.502. The van der Waals surface area contributed by atoms with E-state index < -0.39 is 5.83 Å². The molecule has 0 aromatic rings. The zero-order chi connectivity index (χ0) is 10.3. The van der Waals surface area contributed by atoms with Gasteiger partial charge in [0.15, 0.2) is 0 Å². The van der Waals surface area contributed by atoms with Crippen molar-refractivity contribution in [2.45, 2.75) is 46.5 Å². The van der Waals surface area contributed by atoms with Gasteiger partial charge in [0.1, 0.15) is 11.6 Å². The van der Waals surface area contributed by atoms with E-state index in [4.69, 9.17) is 0 Å². The normalized spacial score (nSPS) is 14.3. The number of aliphatic hydroxyl groups excluding tert-OH is 1. The Kier molecular flexibility index (Phi) is 6.29. The van der Waals surface area contributed by atoms with Gasteiger partial charge in [-0.15, -0.1) is 0 Å². The third-order valence-corrected chi connectivity index (χ3v) is 1.91. The lowest BCUT2D eigenvalue weighted by Crippen LogP contribution is -1.85. The first kappa shape index (κ1) is 12.2. The molecule has 13 heavy (non-hydrogen) atoms. The fraction of sp³-hybridized carbons (Fsp3) is 0.636. The van der Waals surface area contributed by atoms with Crippen LogP contribution in [0.15, 0.2) is 23.2 Å². The molecule has 0 radical (unpaired) electrons. The summed E-state index contributed by atoms with van der Waals surface area (Å²) in [6.45, 7) is 5.79. The van der Waals surface area contributed by atoms with Crippen molar-refractivity contribution in [3.8, 4) is 0 Å². The molecular weight excluding hydrogens is 167 g/mol. The first-order chi connectivity index (χ1) is 6.11. The molecule has 0 aliphatic rings. The molecule has 0 aliphatic heterocycles. The largest absolute Gasteiger partial charge is 0.509 e. The third-order valence-electron chi connectivity index (χ3n) is 1.91. The van der Waals surface area contributed by atoms with Gasteiger partial charge in [-0.05, 0) is 19.8 Å². The topological polar surface area (TPSA) is 20.2 Å². The van der Waals surface area contributed by atoms with Crippen molar-refractivity contribution in [1.29, 1.82) is 0 Å². The summed E-state index contributed by atoms with van der Waals surface area (Å²) in [4.78, 5) is 0. The number of allylic oxidation sites excluding steroid dienone is 3.